The van der Waals surface area contributed by atoms with Crippen LogP contribution in [0.4, 0.5) is 5.69 Å². The van der Waals surface area contributed by atoms with Crippen molar-refractivity contribution in [2.75, 3.05) is 18.1 Å². The number of fused-ring (bicyclic) bond motifs is 2. The van der Waals surface area contributed by atoms with Gasteiger partial charge in [-0.05, 0) is 74.4 Å². The third kappa shape index (κ3) is 4.06. The first kappa shape index (κ1) is 24.4. The second-order valence-corrected chi connectivity index (χ2v) is 9.72. The minimum atomic E-state index is -0.749. The Bertz CT molecular complexity index is 1560. The molecule has 0 radical (unpaired) electrons. The van der Waals surface area contributed by atoms with Crippen molar-refractivity contribution in [1.29, 1.82) is 0 Å². The highest BCUT2D eigenvalue weighted by atomic mass is 79.9. The fourth-order valence-corrected chi connectivity index (χ4v) is 5.03. The van der Waals surface area contributed by atoms with E-state index in [1.54, 1.807) is 35.2 Å². The topological polar surface area (TPSA) is 69.0 Å². The zero-order chi connectivity index (χ0) is 25.6. The Morgan fingerprint density at radius 3 is 2.44 bits per heavy atom. The highest BCUT2D eigenvalue weighted by Gasteiger charge is 2.44. The van der Waals surface area contributed by atoms with Crippen LogP contribution in [0.5, 0.6) is 11.5 Å². The van der Waals surface area contributed by atoms with Crippen LogP contribution in [0.25, 0.3) is 11.0 Å². The summed E-state index contributed by atoms with van der Waals surface area (Å²) < 4.78 is 18.4. The molecule has 0 fully saturated rings. The molecule has 0 bridgehead atoms. The summed E-state index contributed by atoms with van der Waals surface area (Å²) in [7, 11) is 0. The predicted molar refractivity (Wildman–Crippen MR) is 144 cm³/mol. The molecule has 2 heterocycles. The number of aryl methyl sites for hydroxylation is 1. The minimum Gasteiger partial charge on any atom is -0.490 e. The number of anilines is 1. The molecule has 3 aromatic carbocycles. The van der Waals surface area contributed by atoms with Crippen LogP contribution in [0, 0.1) is 6.92 Å². The Balaban J connectivity index is 1.79. The summed E-state index contributed by atoms with van der Waals surface area (Å²) in [6, 6.07) is 15.3. The second kappa shape index (κ2) is 9.64. The van der Waals surface area contributed by atoms with E-state index < -0.39 is 11.9 Å². The van der Waals surface area contributed by atoms with Gasteiger partial charge in [-0.25, -0.2) is 0 Å². The van der Waals surface area contributed by atoms with Gasteiger partial charge >= 0.3 is 0 Å². The molecule has 8 heteroatoms. The van der Waals surface area contributed by atoms with Crippen LogP contribution in [-0.4, -0.2) is 19.1 Å². The van der Waals surface area contributed by atoms with Crippen LogP contribution < -0.4 is 19.8 Å². The lowest BCUT2D eigenvalue weighted by molar-refractivity contribution is 0.0971. The van der Waals surface area contributed by atoms with Crippen molar-refractivity contribution in [3.05, 3.63) is 96.8 Å². The molecule has 1 atom stereocenters. The van der Waals surface area contributed by atoms with E-state index in [0.717, 1.165) is 10.0 Å². The van der Waals surface area contributed by atoms with E-state index in [4.69, 9.17) is 25.5 Å². The Labute approximate surface area is 221 Å². The van der Waals surface area contributed by atoms with Gasteiger partial charge in [0.15, 0.2) is 16.9 Å². The number of rotatable bonds is 6. The van der Waals surface area contributed by atoms with Gasteiger partial charge in [0.1, 0.15) is 5.58 Å². The molecular weight excluding hydrogens is 546 g/mol. The quantitative estimate of drug-likeness (QED) is 0.249. The Kier molecular flexibility index (Phi) is 6.53. The fourth-order valence-electron chi connectivity index (χ4n) is 4.50. The van der Waals surface area contributed by atoms with Crippen molar-refractivity contribution in [2.24, 2.45) is 0 Å². The predicted octanol–water partition coefficient (Wildman–Crippen LogP) is 7.06. The number of halogens is 2. The van der Waals surface area contributed by atoms with Gasteiger partial charge in [0.25, 0.3) is 5.91 Å². The molecule has 184 valence electrons. The summed E-state index contributed by atoms with van der Waals surface area (Å²) in [5.41, 5.74) is 2.48. The normalized spacial score (nSPS) is 14.9. The molecule has 0 spiro atoms. The van der Waals surface area contributed by atoms with Gasteiger partial charge in [0.2, 0.25) is 5.76 Å². The summed E-state index contributed by atoms with van der Waals surface area (Å²) in [5, 5.41) is 0.908. The summed E-state index contributed by atoms with van der Waals surface area (Å²) in [6.45, 7) is 6.58. The van der Waals surface area contributed by atoms with Crippen LogP contribution in [0.2, 0.25) is 5.02 Å². The number of benzene rings is 3. The molecule has 6 nitrogen and oxygen atoms in total. The number of hydrogen-bond acceptors (Lipinski definition) is 5. The van der Waals surface area contributed by atoms with E-state index in [9.17, 15) is 9.59 Å². The van der Waals surface area contributed by atoms with Gasteiger partial charge in [-0.1, -0.05) is 39.7 Å². The largest absolute Gasteiger partial charge is 0.490 e. The van der Waals surface area contributed by atoms with E-state index in [1.165, 1.54) is 0 Å². The number of nitrogens with zero attached hydrogens (tertiary/aromatic N) is 1. The number of hydrogen-bond donors (Lipinski definition) is 0. The SMILES string of the molecule is CCOc1ccc(C2c3c(oc4ccc(Br)cc4c3=O)C(=O)N2c2ccc(C)c(Cl)c2)cc1OCC. The van der Waals surface area contributed by atoms with E-state index in [2.05, 4.69) is 15.9 Å². The van der Waals surface area contributed by atoms with Crippen LogP contribution in [0.1, 0.15) is 47.1 Å². The first-order valence-electron chi connectivity index (χ1n) is 11.6. The lowest BCUT2D eigenvalue weighted by Crippen LogP contribution is -2.29. The number of ether oxygens (including phenoxy) is 2. The van der Waals surface area contributed by atoms with Crippen LogP contribution in [0.15, 0.2) is 68.3 Å². The Hall–Kier alpha value is -3.29. The van der Waals surface area contributed by atoms with Crippen LogP contribution in [0.3, 0.4) is 0 Å². The third-order valence-electron chi connectivity index (χ3n) is 6.15. The number of carbonyl (C=O) groups excluding carboxylic acids is 1. The zero-order valence-electron chi connectivity index (χ0n) is 19.9. The van der Waals surface area contributed by atoms with E-state index in [1.807, 2.05) is 45.0 Å². The van der Waals surface area contributed by atoms with E-state index >= 15 is 0 Å². The Morgan fingerprint density at radius 1 is 0.972 bits per heavy atom. The Morgan fingerprint density at radius 2 is 1.72 bits per heavy atom. The molecule has 36 heavy (non-hydrogen) atoms. The first-order chi connectivity index (χ1) is 17.3. The van der Waals surface area contributed by atoms with Crippen molar-refractivity contribution in [1.82, 2.24) is 0 Å². The lowest BCUT2D eigenvalue weighted by atomic mass is 9.97. The highest BCUT2D eigenvalue weighted by Crippen LogP contribution is 2.44. The molecule has 5 rings (SSSR count). The number of carbonyl (C=O) groups is 1. The first-order valence-corrected chi connectivity index (χ1v) is 12.8. The smallest absolute Gasteiger partial charge is 0.295 e. The number of amides is 1. The molecule has 0 saturated heterocycles. The molecule has 1 aromatic heterocycles. The van der Waals surface area contributed by atoms with Gasteiger partial charge in [-0.15, -0.1) is 0 Å². The average Bonchev–Trinajstić information content (AvgIpc) is 3.15. The van der Waals surface area contributed by atoms with Gasteiger partial charge in [0.05, 0.1) is 30.2 Å². The molecule has 0 N–H and O–H groups in total. The standard InChI is InChI=1S/C28H23BrClNO5/c1-4-34-22-10-7-16(12-23(22)35-5-2)25-24-26(32)19-13-17(29)8-11-21(19)36-27(24)28(33)31(25)18-9-6-15(3)20(30)14-18/h6-14,25H,4-5H2,1-3H3. The minimum absolute atomic E-state index is 0.0170. The van der Waals surface area contributed by atoms with Crippen LogP contribution >= 0.6 is 27.5 Å². The molecule has 0 saturated carbocycles. The second-order valence-electron chi connectivity index (χ2n) is 8.40. The van der Waals surface area contributed by atoms with Crippen molar-refractivity contribution in [3.8, 4) is 11.5 Å². The maximum atomic E-state index is 13.8. The highest BCUT2D eigenvalue weighted by molar-refractivity contribution is 9.10. The van der Waals surface area contributed by atoms with E-state index in [0.29, 0.717) is 52.0 Å². The summed E-state index contributed by atoms with van der Waals surface area (Å²) in [5.74, 6) is 0.728. The molecule has 1 amide bonds. The average molecular weight is 569 g/mol. The lowest BCUT2D eigenvalue weighted by Gasteiger charge is -2.26. The molecule has 4 aromatic rings. The van der Waals surface area contributed by atoms with E-state index in [-0.39, 0.29) is 16.8 Å². The summed E-state index contributed by atoms with van der Waals surface area (Å²) in [4.78, 5) is 29.2. The van der Waals surface area contributed by atoms with Gasteiger partial charge in [-0.2, -0.15) is 0 Å². The van der Waals surface area contributed by atoms with Crippen molar-refractivity contribution >= 4 is 50.1 Å². The molecule has 1 aliphatic heterocycles. The van der Waals surface area contributed by atoms with Gasteiger partial charge in [-0.3, -0.25) is 14.5 Å². The van der Waals surface area contributed by atoms with Crippen molar-refractivity contribution < 1.29 is 18.7 Å². The molecule has 0 aliphatic carbocycles. The summed E-state index contributed by atoms with van der Waals surface area (Å²) in [6.07, 6.45) is 0. The monoisotopic (exact) mass is 567 g/mol. The maximum Gasteiger partial charge on any atom is 0.295 e. The molecule has 1 aliphatic rings. The van der Waals surface area contributed by atoms with Gasteiger partial charge in [0, 0.05) is 15.2 Å². The van der Waals surface area contributed by atoms with Crippen molar-refractivity contribution in [2.45, 2.75) is 26.8 Å². The maximum absolute atomic E-state index is 13.8. The molecular formula is C28H23BrClNO5. The van der Waals surface area contributed by atoms with Crippen LogP contribution in [-0.2, 0) is 0 Å². The summed E-state index contributed by atoms with van der Waals surface area (Å²) >= 11 is 9.87. The van der Waals surface area contributed by atoms with Gasteiger partial charge < -0.3 is 13.9 Å². The zero-order valence-corrected chi connectivity index (χ0v) is 22.3. The molecule has 1 unspecified atom stereocenters. The third-order valence-corrected chi connectivity index (χ3v) is 7.05. The fraction of sp³-hybridized carbons (Fsp3) is 0.214. The van der Waals surface area contributed by atoms with Crippen molar-refractivity contribution in [3.63, 3.8) is 0 Å².